The average molecular weight is 404 g/mol. The first-order valence-electron chi connectivity index (χ1n) is 9.08. The summed E-state index contributed by atoms with van der Waals surface area (Å²) in [5.41, 5.74) is -0.226. The number of carbonyl (C=O) groups is 2. The van der Waals surface area contributed by atoms with E-state index < -0.39 is 35.2 Å². The van der Waals surface area contributed by atoms with Gasteiger partial charge in [0.25, 0.3) is 5.91 Å². The number of amides is 2. The molecule has 6 nitrogen and oxygen atoms in total. The minimum atomic E-state index is -1.26. The third kappa shape index (κ3) is 4.31. The maximum absolute atomic E-state index is 13.7. The van der Waals surface area contributed by atoms with Gasteiger partial charge in [-0.15, -0.1) is 0 Å². The van der Waals surface area contributed by atoms with E-state index in [2.05, 4.69) is 0 Å². The third-order valence-electron chi connectivity index (χ3n) is 4.61. The molecule has 0 saturated heterocycles. The lowest BCUT2D eigenvalue weighted by Crippen LogP contribution is -2.58. The number of carboxylic acid groups (broad SMARTS) is 1. The lowest BCUT2D eigenvalue weighted by Gasteiger charge is -2.39. The SMILES string of the molecule is CC(C)(C)N(C(=O)O)[C@H]1COc2ccccc2N(Cc2cc(F)cc(F)c2)C1=O. The van der Waals surface area contributed by atoms with Crippen molar-refractivity contribution in [2.75, 3.05) is 11.5 Å². The van der Waals surface area contributed by atoms with Crippen molar-refractivity contribution < 1.29 is 28.2 Å². The smallest absolute Gasteiger partial charge is 0.408 e. The van der Waals surface area contributed by atoms with Crippen LogP contribution >= 0.6 is 0 Å². The number of halogens is 2. The number of para-hydroxylation sites is 2. The number of hydrogen-bond donors (Lipinski definition) is 1. The fourth-order valence-corrected chi connectivity index (χ4v) is 3.46. The number of hydrogen-bond acceptors (Lipinski definition) is 3. The van der Waals surface area contributed by atoms with E-state index in [-0.39, 0.29) is 18.7 Å². The van der Waals surface area contributed by atoms with Gasteiger partial charge < -0.3 is 14.7 Å². The second-order valence-corrected chi connectivity index (χ2v) is 7.82. The van der Waals surface area contributed by atoms with E-state index in [0.29, 0.717) is 11.4 Å². The highest BCUT2D eigenvalue weighted by Crippen LogP contribution is 2.34. The summed E-state index contributed by atoms with van der Waals surface area (Å²) in [6.45, 7) is 4.73. The molecule has 8 heteroatoms. The number of benzene rings is 2. The van der Waals surface area contributed by atoms with E-state index in [1.54, 1.807) is 45.0 Å². The topological polar surface area (TPSA) is 70.1 Å². The maximum atomic E-state index is 13.7. The molecule has 1 atom stereocenters. The zero-order valence-corrected chi connectivity index (χ0v) is 16.4. The van der Waals surface area contributed by atoms with Crippen molar-refractivity contribution in [2.24, 2.45) is 0 Å². The number of rotatable bonds is 3. The van der Waals surface area contributed by atoms with E-state index in [9.17, 15) is 23.5 Å². The van der Waals surface area contributed by atoms with Crippen LogP contribution in [0.3, 0.4) is 0 Å². The average Bonchev–Trinajstić information content (AvgIpc) is 2.72. The highest BCUT2D eigenvalue weighted by Gasteiger charge is 2.42. The summed E-state index contributed by atoms with van der Waals surface area (Å²) >= 11 is 0. The Kier molecular flexibility index (Phi) is 5.46. The Morgan fingerprint density at radius 1 is 1.21 bits per heavy atom. The van der Waals surface area contributed by atoms with Crippen molar-refractivity contribution in [3.8, 4) is 5.75 Å². The molecule has 3 rings (SSSR count). The zero-order valence-electron chi connectivity index (χ0n) is 16.4. The zero-order chi connectivity index (χ0) is 21.3. The molecule has 154 valence electrons. The molecule has 0 spiro atoms. The maximum Gasteiger partial charge on any atom is 0.408 e. The molecular formula is C21H22F2N2O4. The summed E-state index contributed by atoms with van der Waals surface area (Å²) in [5.74, 6) is -1.66. The van der Waals surface area contributed by atoms with Crippen molar-refractivity contribution in [3.05, 3.63) is 59.7 Å². The van der Waals surface area contributed by atoms with Crippen LogP contribution in [-0.2, 0) is 11.3 Å². The van der Waals surface area contributed by atoms with Gasteiger partial charge >= 0.3 is 6.09 Å². The molecule has 0 saturated carbocycles. The number of carbonyl (C=O) groups excluding carboxylic acids is 1. The Morgan fingerprint density at radius 3 is 2.41 bits per heavy atom. The first kappa shape index (κ1) is 20.6. The highest BCUT2D eigenvalue weighted by atomic mass is 19.1. The van der Waals surface area contributed by atoms with Crippen LogP contribution in [0.25, 0.3) is 0 Å². The van der Waals surface area contributed by atoms with E-state index >= 15 is 0 Å². The molecule has 29 heavy (non-hydrogen) atoms. The Morgan fingerprint density at radius 2 is 1.83 bits per heavy atom. The molecule has 1 N–H and O–H groups in total. The molecule has 0 fully saturated rings. The van der Waals surface area contributed by atoms with Crippen LogP contribution in [0.15, 0.2) is 42.5 Å². The number of nitrogens with zero attached hydrogens (tertiary/aromatic N) is 2. The lowest BCUT2D eigenvalue weighted by molar-refractivity contribution is -0.125. The Labute approximate surface area is 167 Å². The van der Waals surface area contributed by atoms with Gasteiger partial charge in [0.1, 0.15) is 30.0 Å². The molecule has 1 aliphatic heterocycles. The van der Waals surface area contributed by atoms with Crippen LogP contribution in [0.4, 0.5) is 19.3 Å². The summed E-state index contributed by atoms with van der Waals surface area (Å²) in [6.07, 6.45) is -1.26. The molecule has 0 unspecified atom stereocenters. The molecule has 1 aliphatic rings. The molecule has 0 bridgehead atoms. The van der Waals surface area contributed by atoms with Gasteiger partial charge in [-0.1, -0.05) is 12.1 Å². The van der Waals surface area contributed by atoms with Crippen molar-refractivity contribution in [1.82, 2.24) is 4.90 Å². The Hall–Kier alpha value is -3.16. The van der Waals surface area contributed by atoms with Crippen LogP contribution in [0.5, 0.6) is 5.75 Å². The fourth-order valence-electron chi connectivity index (χ4n) is 3.46. The van der Waals surface area contributed by atoms with Crippen LogP contribution < -0.4 is 9.64 Å². The number of anilines is 1. The molecule has 1 heterocycles. The minimum absolute atomic E-state index is 0.137. The Balaban J connectivity index is 2.06. The van der Waals surface area contributed by atoms with Gasteiger partial charge in [0, 0.05) is 11.6 Å². The molecular weight excluding hydrogens is 382 g/mol. The van der Waals surface area contributed by atoms with Gasteiger partial charge in [-0.05, 0) is 50.6 Å². The molecule has 0 radical (unpaired) electrons. The monoisotopic (exact) mass is 404 g/mol. The first-order valence-corrected chi connectivity index (χ1v) is 9.08. The summed E-state index contributed by atoms with van der Waals surface area (Å²) in [5, 5.41) is 9.74. The van der Waals surface area contributed by atoms with E-state index in [4.69, 9.17) is 4.74 Å². The standard InChI is InChI=1S/C21H22F2N2O4/c1-21(2,3)25(20(27)28)17-12-29-18-7-5-4-6-16(18)24(19(17)26)11-13-8-14(22)10-15(23)9-13/h4-10,17H,11-12H2,1-3H3,(H,27,28)/t17-/m0/s1. The van der Waals surface area contributed by atoms with E-state index in [1.807, 2.05) is 0 Å². The van der Waals surface area contributed by atoms with Gasteiger partial charge in [0.15, 0.2) is 0 Å². The Bertz CT molecular complexity index is 922. The van der Waals surface area contributed by atoms with Crippen molar-refractivity contribution >= 4 is 17.7 Å². The number of ether oxygens (including phenoxy) is 1. The first-order chi connectivity index (χ1) is 13.6. The molecule has 2 aromatic rings. The summed E-state index contributed by atoms with van der Waals surface area (Å²) in [7, 11) is 0. The fraction of sp³-hybridized carbons (Fsp3) is 0.333. The summed E-state index contributed by atoms with van der Waals surface area (Å²) < 4.78 is 33.1. The minimum Gasteiger partial charge on any atom is -0.489 e. The van der Waals surface area contributed by atoms with Crippen LogP contribution in [0, 0.1) is 11.6 Å². The predicted molar refractivity (Wildman–Crippen MR) is 103 cm³/mol. The van der Waals surface area contributed by atoms with Gasteiger partial charge in [-0.2, -0.15) is 0 Å². The van der Waals surface area contributed by atoms with E-state index in [1.165, 1.54) is 4.90 Å². The van der Waals surface area contributed by atoms with Gasteiger partial charge in [0.2, 0.25) is 0 Å². The summed E-state index contributed by atoms with van der Waals surface area (Å²) in [6, 6.07) is 8.63. The third-order valence-corrected chi connectivity index (χ3v) is 4.61. The van der Waals surface area contributed by atoms with Crippen molar-refractivity contribution in [1.29, 1.82) is 0 Å². The second-order valence-electron chi connectivity index (χ2n) is 7.82. The predicted octanol–water partition coefficient (Wildman–Crippen LogP) is 4.04. The molecule has 0 aliphatic carbocycles. The van der Waals surface area contributed by atoms with Gasteiger partial charge in [0.05, 0.1) is 12.2 Å². The van der Waals surface area contributed by atoms with Gasteiger partial charge in [-0.3, -0.25) is 9.69 Å². The highest BCUT2D eigenvalue weighted by molar-refractivity contribution is 6.00. The summed E-state index contributed by atoms with van der Waals surface area (Å²) in [4.78, 5) is 27.7. The van der Waals surface area contributed by atoms with Crippen LogP contribution in [0.1, 0.15) is 26.3 Å². The van der Waals surface area contributed by atoms with Crippen LogP contribution in [-0.4, -0.2) is 40.2 Å². The molecule has 2 aromatic carbocycles. The number of fused-ring (bicyclic) bond motifs is 1. The van der Waals surface area contributed by atoms with Crippen molar-refractivity contribution in [3.63, 3.8) is 0 Å². The van der Waals surface area contributed by atoms with Crippen molar-refractivity contribution in [2.45, 2.75) is 38.9 Å². The molecule has 0 aromatic heterocycles. The second kappa shape index (κ2) is 7.69. The van der Waals surface area contributed by atoms with E-state index in [0.717, 1.165) is 23.1 Å². The largest absolute Gasteiger partial charge is 0.489 e. The normalized spacial score (nSPS) is 16.7. The quantitative estimate of drug-likeness (QED) is 0.838. The lowest BCUT2D eigenvalue weighted by atomic mass is 10.0. The van der Waals surface area contributed by atoms with Gasteiger partial charge in [-0.25, -0.2) is 13.6 Å². The van der Waals surface area contributed by atoms with Crippen LogP contribution in [0.2, 0.25) is 0 Å². The molecule has 2 amide bonds.